The number of fused-ring (bicyclic) bond motifs is 1. The first kappa shape index (κ1) is 8.57. The molecule has 0 aromatic heterocycles. The van der Waals surface area contributed by atoms with Gasteiger partial charge in [-0.1, -0.05) is 34.1 Å². The van der Waals surface area contributed by atoms with Gasteiger partial charge in [-0.15, -0.1) is 0 Å². The molecule has 0 saturated heterocycles. The topological polar surface area (TPSA) is 20.2 Å². The highest BCUT2D eigenvalue weighted by Crippen LogP contribution is 2.31. The van der Waals surface area contributed by atoms with Gasteiger partial charge in [-0.3, -0.25) is 0 Å². The maximum Gasteiger partial charge on any atom is 0.119 e. The first-order valence-corrected chi connectivity index (χ1v) is 4.86. The molecule has 0 aliphatic rings. The van der Waals surface area contributed by atoms with Crippen LogP contribution in [0.25, 0.3) is 10.8 Å². The van der Waals surface area contributed by atoms with E-state index >= 15 is 0 Å². The monoisotopic (exact) mass is 236 g/mol. The van der Waals surface area contributed by atoms with Crippen LogP contribution in [0.1, 0.15) is 5.56 Å². The second kappa shape index (κ2) is 3.04. The van der Waals surface area contributed by atoms with E-state index in [1.807, 2.05) is 31.2 Å². The first-order valence-electron chi connectivity index (χ1n) is 4.07. The van der Waals surface area contributed by atoms with Crippen LogP contribution in [0, 0.1) is 6.92 Å². The van der Waals surface area contributed by atoms with Crippen molar-refractivity contribution in [3.63, 3.8) is 0 Å². The normalized spacial score (nSPS) is 10.6. The van der Waals surface area contributed by atoms with E-state index in [4.69, 9.17) is 0 Å². The minimum atomic E-state index is 0.347. The maximum atomic E-state index is 9.52. The summed E-state index contributed by atoms with van der Waals surface area (Å²) in [4.78, 5) is 0. The Labute approximate surface area is 85.1 Å². The molecular formula is C11H9BrO. The quantitative estimate of drug-likeness (QED) is 0.741. The van der Waals surface area contributed by atoms with Crippen LogP contribution in [0.3, 0.4) is 0 Å². The molecule has 66 valence electrons. The molecule has 2 aromatic carbocycles. The smallest absolute Gasteiger partial charge is 0.119 e. The van der Waals surface area contributed by atoms with Crippen molar-refractivity contribution in [3.8, 4) is 5.75 Å². The van der Waals surface area contributed by atoms with Crippen molar-refractivity contribution < 1.29 is 5.11 Å². The van der Waals surface area contributed by atoms with E-state index < -0.39 is 0 Å². The number of benzene rings is 2. The average molecular weight is 237 g/mol. The molecule has 0 radical (unpaired) electrons. The van der Waals surface area contributed by atoms with Crippen molar-refractivity contribution in [2.45, 2.75) is 6.92 Å². The molecule has 0 aliphatic carbocycles. The number of hydrogen-bond acceptors (Lipinski definition) is 1. The summed E-state index contributed by atoms with van der Waals surface area (Å²) >= 11 is 3.47. The second-order valence-electron chi connectivity index (χ2n) is 3.05. The molecule has 2 aromatic rings. The van der Waals surface area contributed by atoms with E-state index in [2.05, 4.69) is 15.9 Å². The molecule has 2 heteroatoms. The highest BCUT2D eigenvalue weighted by Gasteiger charge is 2.04. The van der Waals surface area contributed by atoms with Crippen LogP contribution >= 0.6 is 15.9 Å². The fourth-order valence-corrected chi connectivity index (χ4v) is 2.18. The van der Waals surface area contributed by atoms with Gasteiger partial charge in [-0.25, -0.2) is 0 Å². The molecule has 0 atom stereocenters. The van der Waals surface area contributed by atoms with Gasteiger partial charge in [-0.05, 0) is 30.0 Å². The molecule has 13 heavy (non-hydrogen) atoms. The third-order valence-electron chi connectivity index (χ3n) is 2.23. The highest BCUT2D eigenvalue weighted by atomic mass is 79.9. The van der Waals surface area contributed by atoms with Crippen LogP contribution in [0.15, 0.2) is 34.8 Å². The number of hydrogen-bond donors (Lipinski definition) is 1. The average Bonchev–Trinajstić information content (AvgIpc) is 2.12. The van der Waals surface area contributed by atoms with E-state index in [0.29, 0.717) is 5.75 Å². The summed E-state index contributed by atoms with van der Waals surface area (Å²) in [6, 6.07) is 9.65. The molecule has 0 spiro atoms. The minimum Gasteiger partial charge on any atom is -0.508 e. The summed E-state index contributed by atoms with van der Waals surface area (Å²) in [5.74, 6) is 0.347. The van der Waals surface area contributed by atoms with E-state index in [1.54, 1.807) is 6.07 Å². The zero-order chi connectivity index (χ0) is 9.42. The largest absolute Gasteiger partial charge is 0.508 e. The summed E-state index contributed by atoms with van der Waals surface area (Å²) in [7, 11) is 0. The van der Waals surface area contributed by atoms with Gasteiger partial charge in [0.2, 0.25) is 0 Å². The van der Waals surface area contributed by atoms with E-state index in [-0.39, 0.29) is 0 Å². The number of halogens is 1. The Morgan fingerprint density at radius 2 is 1.92 bits per heavy atom. The van der Waals surface area contributed by atoms with Crippen LogP contribution in [-0.2, 0) is 0 Å². The standard InChI is InChI=1S/C11H9BrO/c1-7-10(13)6-5-8-3-2-4-9(12)11(7)8/h2-6,13H,1H3. The molecular weight excluding hydrogens is 228 g/mol. The molecule has 0 bridgehead atoms. The molecule has 2 rings (SSSR count). The summed E-state index contributed by atoms with van der Waals surface area (Å²) in [6.45, 7) is 1.92. The fraction of sp³-hybridized carbons (Fsp3) is 0.0909. The van der Waals surface area contributed by atoms with Gasteiger partial charge in [-0.2, -0.15) is 0 Å². The number of phenolic OH excluding ortho intramolecular Hbond substituents is 1. The van der Waals surface area contributed by atoms with Crippen LogP contribution < -0.4 is 0 Å². The predicted molar refractivity (Wildman–Crippen MR) is 58.0 cm³/mol. The zero-order valence-corrected chi connectivity index (χ0v) is 8.80. The van der Waals surface area contributed by atoms with Gasteiger partial charge in [0.25, 0.3) is 0 Å². The van der Waals surface area contributed by atoms with Gasteiger partial charge in [0, 0.05) is 9.86 Å². The number of phenols is 1. The van der Waals surface area contributed by atoms with Gasteiger partial charge < -0.3 is 5.11 Å². The van der Waals surface area contributed by atoms with Crippen LogP contribution in [0.4, 0.5) is 0 Å². The third-order valence-corrected chi connectivity index (χ3v) is 2.89. The number of aromatic hydroxyl groups is 1. The van der Waals surface area contributed by atoms with Gasteiger partial charge in [0.15, 0.2) is 0 Å². The highest BCUT2D eigenvalue weighted by molar-refractivity contribution is 9.10. The van der Waals surface area contributed by atoms with Crippen molar-refractivity contribution >= 4 is 26.7 Å². The van der Waals surface area contributed by atoms with Crippen molar-refractivity contribution in [1.82, 2.24) is 0 Å². The van der Waals surface area contributed by atoms with Crippen LogP contribution in [0.5, 0.6) is 5.75 Å². The summed E-state index contributed by atoms with van der Waals surface area (Å²) in [5, 5.41) is 11.7. The minimum absolute atomic E-state index is 0.347. The fourth-order valence-electron chi connectivity index (χ4n) is 1.50. The van der Waals surface area contributed by atoms with Crippen molar-refractivity contribution in [2.75, 3.05) is 0 Å². The Kier molecular flexibility index (Phi) is 2.00. The number of aryl methyl sites for hydroxylation is 1. The van der Waals surface area contributed by atoms with Crippen molar-refractivity contribution in [1.29, 1.82) is 0 Å². The SMILES string of the molecule is Cc1c(O)ccc2cccc(Br)c12. The number of rotatable bonds is 0. The Morgan fingerprint density at radius 1 is 1.15 bits per heavy atom. The van der Waals surface area contributed by atoms with Gasteiger partial charge in [0.05, 0.1) is 0 Å². The molecule has 1 nitrogen and oxygen atoms in total. The molecule has 0 fully saturated rings. The lowest BCUT2D eigenvalue weighted by atomic mass is 10.1. The first-order chi connectivity index (χ1) is 6.20. The zero-order valence-electron chi connectivity index (χ0n) is 7.21. The molecule has 0 amide bonds. The Morgan fingerprint density at radius 3 is 2.69 bits per heavy atom. The molecule has 0 saturated carbocycles. The lowest BCUT2D eigenvalue weighted by Gasteiger charge is -2.05. The maximum absolute atomic E-state index is 9.52. The summed E-state index contributed by atoms with van der Waals surface area (Å²) in [5.41, 5.74) is 0.921. The lowest BCUT2D eigenvalue weighted by molar-refractivity contribution is 0.472. The Balaban J connectivity index is 2.97. The van der Waals surface area contributed by atoms with Crippen LogP contribution in [-0.4, -0.2) is 5.11 Å². The second-order valence-corrected chi connectivity index (χ2v) is 3.90. The third kappa shape index (κ3) is 1.31. The molecule has 1 N–H and O–H groups in total. The summed E-state index contributed by atoms with van der Waals surface area (Å²) < 4.78 is 1.03. The van der Waals surface area contributed by atoms with Gasteiger partial charge >= 0.3 is 0 Å². The van der Waals surface area contributed by atoms with E-state index in [0.717, 1.165) is 20.8 Å². The summed E-state index contributed by atoms with van der Waals surface area (Å²) in [6.07, 6.45) is 0. The predicted octanol–water partition coefficient (Wildman–Crippen LogP) is 3.62. The van der Waals surface area contributed by atoms with Crippen molar-refractivity contribution in [3.05, 3.63) is 40.4 Å². The lowest BCUT2D eigenvalue weighted by Crippen LogP contribution is -1.80. The Hall–Kier alpha value is -1.02. The van der Waals surface area contributed by atoms with E-state index in [9.17, 15) is 5.11 Å². The van der Waals surface area contributed by atoms with Crippen LogP contribution in [0.2, 0.25) is 0 Å². The van der Waals surface area contributed by atoms with Gasteiger partial charge in [0.1, 0.15) is 5.75 Å². The molecule has 0 heterocycles. The molecule has 0 aliphatic heterocycles. The molecule has 0 unspecified atom stereocenters. The van der Waals surface area contributed by atoms with Crippen molar-refractivity contribution in [2.24, 2.45) is 0 Å². The Bertz CT molecular complexity index is 463. The van der Waals surface area contributed by atoms with E-state index in [1.165, 1.54) is 0 Å².